The zero-order valence-corrected chi connectivity index (χ0v) is 16.1. The largest absolute Gasteiger partial charge is 0.382 e. The lowest BCUT2D eigenvalue weighted by atomic mass is 9.97. The minimum atomic E-state index is -0.611. The molecule has 8 heteroatoms. The molecule has 150 valence electrons. The number of benzene rings is 1. The Morgan fingerprint density at radius 1 is 1.41 bits per heavy atom. The Balaban J connectivity index is 1.83. The van der Waals surface area contributed by atoms with Gasteiger partial charge in [0.2, 0.25) is 5.91 Å². The van der Waals surface area contributed by atoms with Crippen molar-refractivity contribution >= 4 is 23.5 Å². The summed E-state index contributed by atoms with van der Waals surface area (Å²) in [5, 5.41) is 0. The number of hydrogen-bond donors (Lipinski definition) is 1. The van der Waals surface area contributed by atoms with Crippen LogP contribution in [0.1, 0.15) is 48.3 Å². The molecule has 1 amide bonds. The van der Waals surface area contributed by atoms with Gasteiger partial charge < -0.3 is 10.6 Å². The Morgan fingerprint density at radius 3 is 2.97 bits per heavy atom. The number of carbonyl (C=O) groups is 2. The normalized spacial score (nSPS) is 16.9. The smallest absolute Gasteiger partial charge is 0.222 e. The summed E-state index contributed by atoms with van der Waals surface area (Å²) in [6, 6.07) is 4.37. The van der Waals surface area contributed by atoms with Crippen LogP contribution in [0.5, 0.6) is 0 Å². The van der Waals surface area contributed by atoms with Gasteiger partial charge >= 0.3 is 0 Å². The number of carbonyl (C=O) groups excluding carboxylic acids is 2. The summed E-state index contributed by atoms with van der Waals surface area (Å²) in [6.07, 6.45) is 6.13. The Morgan fingerprint density at radius 2 is 2.24 bits per heavy atom. The molecule has 3 heterocycles. The quantitative estimate of drug-likeness (QED) is 0.686. The molecule has 29 heavy (non-hydrogen) atoms. The summed E-state index contributed by atoms with van der Waals surface area (Å²) in [5.74, 6) is 0.626. The molecule has 1 unspecified atom stereocenters. The topological polar surface area (TPSA) is 93.6 Å². The highest BCUT2D eigenvalue weighted by Crippen LogP contribution is 2.34. The first-order valence-electron chi connectivity index (χ1n) is 9.68. The summed E-state index contributed by atoms with van der Waals surface area (Å²) in [5.41, 5.74) is 7.77. The predicted octanol–water partition coefficient (Wildman–Crippen LogP) is 3.05. The van der Waals surface area contributed by atoms with Crippen molar-refractivity contribution in [1.29, 1.82) is 0 Å². The minimum absolute atomic E-state index is 0.00964. The molecule has 7 nitrogen and oxygen atoms in total. The molecule has 4 rings (SSSR count). The number of hydrogen-bond acceptors (Lipinski definition) is 5. The van der Waals surface area contributed by atoms with Crippen LogP contribution in [0.15, 0.2) is 30.6 Å². The molecule has 3 aromatic rings. The Kier molecular flexibility index (Phi) is 5.00. The van der Waals surface area contributed by atoms with Crippen molar-refractivity contribution in [2.24, 2.45) is 0 Å². The van der Waals surface area contributed by atoms with Crippen LogP contribution in [0, 0.1) is 5.82 Å². The lowest BCUT2D eigenvalue weighted by Crippen LogP contribution is -2.39. The average Bonchev–Trinajstić information content (AvgIpc) is 3.14. The maximum atomic E-state index is 14.2. The standard InChI is InChI=1S/C21H22FN5O2/c1-2-17(29)26-8-3-4-14(11-26)21-25-18(19-20(23)24-7-9-27(19)21)13-5-6-15(12-28)16(22)10-13/h5-7,9-10,12,14H,2-4,8,11H2,1H3,(H2,23,24). The van der Waals surface area contributed by atoms with Gasteiger partial charge in [0.05, 0.1) is 5.56 Å². The van der Waals surface area contributed by atoms with E-state index in [0.717, 1.165) is 25.2 Å². The van der Waals surface area contributed by atoms with E-state index in [4.69, 9.17) is 10.7 Å². The van der Waals surface area contributed by atoms with Gasteiger partial charge in [-0.1, -0.05) is 13.0 Å². The van der Waals surface area contributed by atoms with E-state index in [1.807, 2.05) is 16.2 Å². The van der Waals surface area contributed by atoms with Crippen molar-refractivity contribution in [3.05, 3.63) is 47.8 Å². The fourth-order valence-electron chi connectivity index (χ4n) is 3.98. The molecule has 0 saturated carbocycles. The maximum Gasteiger partial charge on any atom is 0.222 e. The number of aldehydes is 1. The van der Waals surface area contributed by atoms with E-state index in [-0.39, 0.29) is 17.4 Å². The number of nitrogen functional groups attached to an aromatic ring is 1. The fourth-order valence-corrected chi connectivity index (χ4v) is 3.98. The number of likely N-dealkylation sites (tertiary alicyclic amines) is 1. The van der Waals surface area contributed by atoms with Gasteiger partial charge in [-0.25, -0.2) is 14.4 Å². The SMILES string of the molecule is CCC(=O)N1CCCC(c2nc(-c3ccc(C=O)c(F)c3)c3c(N)nccn23)C1. The van der Waals surface area contributed by atoms with Gasteiger partial charge in [-0.15, -0.1) is 0 Å². The van der Waals surface area contributed by atoms with Gasteiger partial charge in [-0.2, -0.15) is 0 Å². The van der Waals surface area contributed by atoms with Crippen molar-refractivity contribution in [1.82, 2.24) is 19.3 Å². The van der Waals surface area contributed by atoms with Gasteiger partial charge in [0, 0.05) is 43.4 Å². The molecule has 1 atom stereocenters. The highest BCUT2D eigenvalue weighted by molar-refractivity contribution is 5.86. The molecule has 0 aliphatic carbocycles. The third-order valence-electron chi connectivity index (χ3n) is 5.45. The molecule has 0 bridgehead atoms. The van der Waals surface area contributed by atoms with Crippen LogP contribution in [-0.2, 0) is 4.79 Å². The van der Waals surface area contributed by atoms with Crippen LogP contribution in [0.3, 0.4) is 0 Å². The van der Waals surface area contributed by atoms with E-state index in [1.165, 1.54) is 12.1 Å². The number of halogens is 1. The molecule has 0 spiro atoms. The summed E-state index contributed by atoms with van der Waals surface area (Å²) in [4.78, 5) is 34.0. The van der Waals surface area contributed by atoms with Gasteiger partial charge in [0.1, 0.15) is 28.7 Å². The summed E-state index contributed by atoms with van der Waals surface area (Å²) in [6.45, 7) is 3.20. The molecule has 1 fully saturated rings. The van der Waals surface area contributed by atoms with E-state index < -0.39 is 5.82 Å². The van der Waals surface area contributed by atoms with Crippen LogP contribution in [0.2, 0.25) is 0 Å². The number of amides is 1. The van der Waals surface area contributed by atoms with E-state index in [0.29, 0.717) is 41.8 Å². The predicted molar refractivity (Wildman–Crippen MR) is 107 cm³/mol. The van der Waals surface area contributed by atoms with E-state index in [2.05, 4.69) is 4.98 Å². The monoisotopic (exact) mass is 395 g/mol. The number of aromatic nitrogens is 3. The number of nitrogens with zero attached hydrogens (tertiary/aromatic N) is 4. The Bertz CT molecular complexity index is 1090. The van der Waals surface area contributed by atoms with Gasteiger partial charge in [0.25, 0.3) is 0 Å². The average molecular weight is 395 g/mol. The first-order chi connectivity index (χ1) is 14.0. The van der Waals surface area contributed by atoms with Crippen molar-refractivity contribution in [3.63, 3.8) is 0 Å². The zero-order valence-electron chi connectivity index (χ0n) is 16.1. The third-order valence-corrected chi connectivity index (χ3v) is 5.45. The second-order valence-corrected chi connectivity index (χ2v) is 7.24. The van der Waals surface area contributed by atoms with E-state index in [1.54, 1.807) is 18.5 Å². The van der Waals surface area contributed by atoms with Crippen LogP contribution < -0.4 is 5.73 Å². The lowest BCUT2D eigenvalue weighted by molar-refractivity contribution is -0.132. The van der Waals surface area contributed by atoms with Crippen LogP contribution in [-0.4, -0.2) is 44.6 Å². The number of anilines is 1. The molecule has 2 aromatic heterocycles. The molecule has 1 aliphatic heterocycles. The molecular formula is C21H22FN5O2. The first kappa shape index (κ1) is 19.0. The van der Waals surface area contributed by atoms with Crippen LogP contribution >= 0.6 is 0 Å². The van der Waals surface area contributed by atoms with Crippen molar-refractivity contribution < 1.29 is 14.0 Å². The highest BCUT2D eigenvalue weighted by Gasteiger charge is 2.28. The molecular weight excluding hydrogens is 373 g/mol. The zero-order chi connectivity index (χ0) is 20.5. The molecule has 1 aliphatic rings. The summed E-state index contributed by atoms with van der Waals surface area (Å²) in [7, 11) is 0. The van der Waals surface area contributed by atoms with Crippen molar-refractivity contribution in [3.8, 4) is 11.3 Å². The lowest BCUT2D eigenvalue weighted by Gasteiger charge is -2.32. The van der Waals surface area contributed by atoms with Crippen molar-refractivity contribution in [2.75, 3.05) is 18.8 Å². The van der Waals surface area contributed by atoms with Crippen LogP contribution in [0.25, 0.3) is 16.8 Å². The Hall–Kier alpha value is -3.29. The number of nitrogens with two attached hydrogens (primary N) is 1. The number of piperidine rings is 1. The number of rotatable bonds is 4. The first-order valence-corrected chi connectivity index (χ1v) is 9.68. The number of imidazole rings is 1. The van der Waals surface area contributed by atoms with Gasteiger partial charge in [-0.3, -0.25) is 14.0 Å². The fraction of sp³-hybridized carbons (Fsp3) is 0.333. The summed E-state index contributed by atoms with van der Waals surface area (Å²) < 4.78 is 16.1. The molecule has 0 radical (unpaired) electrons. The minimum Gasteiger partial charge on any atom is -0.382 e. The van der Waals surface area contributed by atoms with Crippen LogP contribution in [0.4, 0.5) is 10.2 Å². The van der Waals surface area contributed by atoms with Crippen molar-refractivity contribution in [2.45, 2.75) is 32.1 Å². The summed E-state index contributed by atoms with van der Waals surface area (Å²) >= 11 is 0. The van der Waals surface area contributed by atoms with E-state index >= 15 is 0 Å². The van der Waals surface area contributed by atoms with Gasteiger partial charge in [0.15, 0.2) is 6.29 Å². The second-order valence-electron chi connectivity index (χ2n) is 7.24. The molecule has 2 N–H and O–H groups in total. The van der Waals surface area contributed by atoms with Gasteiger partial charge in [-0.05, 0) is 25.0 Å². The number of fused-ring (bicyclic) bond motifs is 1. The van der Waals surface area contributed by atoms with E-state index in [9.17, 15) is 14.0 Å². The molecule has 1 saturated heterocycles. The molecule has 1 aromatic carbocycles. The maximum absolute atomic E-state index is 14.2. The highest BCUT2D eigenvalue weighted by atomic mass is 19.1. The Labute approximate surface area is 167 Å². The second kappa shape index (κ2) is 7.62. The third kappa shape index (κ3) is 3.35.